The van der Waals surface area contributed by atoms with E-state index in [1.165, 1.54) is 15.1 Å². The third-order valence-electron chi connectivity index (χ3n) is 4.71. The molecule has 1 N–H and O–H groups in total. The van der Waals surface area contributed by atoms with E-state index in [9.17, 15) is 0 Å². The Labute approximate surface area is 162 Å². The number of rotatable bonds is 5. The molecule has 1 saturated heterocycles. The molecular weight excluding hydrogens is 398 g/mol. The highest BCUT2D eigenvalue weighted by Crippen LogP contribution is 2.27. The number of piperidine rings is 1. The van der Waals surface area contributed by atoms with Crippen molar-refractivity contribution in [3.8, 4) is 0 Å². The molecule has 7 heteroatoms. The van der Waals surface area contributed by atoms with E-state index in [1.54, 1.807) is 11.3 Å². The van der Waals surface area contributed by atoms with Gasteiger partial charge in [-0.3, -0.25) is 4.99 Å². The lowest BCUT2D eigenvalue weighted by molar-refractivity contribution is 0.189. The number of likely N-dealkylation sites (tertiary alicyclic amines) is 1. The molecule has 2 unspecified atom stereocenters. The molecular formula is C18H26BrN5S. The van der Waals surface area contributed by atoms with Crippen LogP contribution in [0, 0.1) is 5.92 Å². The standard InChI is InChI=1S/C18H26BrN5S/c1-3-21-18(22-8-6-15-4-5-17(19)25-15)23-10-7-14(2)16(12-23)24-11-9-20-13-24/h4-5,9,11,13-14,16H,3,6-8,10,12H2,1-2H3,(H,21,22). The third kappa shape index (κ3) is 4.85. The molecule has 2 aromatic heterocycles. The Balaban J connectivity index is 1.65. The fraction of sp³-hybridized carbons (Fsp3) is 0.556. The van der Waals surface area contributed by atoms with E-state index in [0.717, 1.165) is 38.6 Å². The Bertz CT molecular complexity index is 681. The van der Waals surface area contributed by atoms with Crippen LogP contribution >= 0.6 is 27.3 Å². The van der Waals surface area contributed by atoms with Gasteiger partial charge in [-0.25, -0.2) is 4.98 Å². The number of halogens is 1. The largest absolute Gasteiger partial charge is 0.357 e. The van der Waals surface area contributed by atoms with Crippen LogP contribution < -0.4 is 5.32 Å². The number of hydrogen-bond donors (Lipinski definition) is 1. The zero-order valence-corrected chi connectivity index (χ0v) is 17.3. The number of nitrogens with one attached hydrogen (secondary N) is 1. The SMILES string of the molecule is CCNC(=NCCc1ccc(Br)s1)N1CCC(C)C(n2ccnc2)C1. The molecule has 0 amide bonds. The summed E-state index contributed by atoms with van der Waals surface area (Å²) in [6, 6.07) is 4.74. The first-order chi connectivity index (χ1) is 12.2. The summed E-state index contributed by atoms with van der Waals surface area (Å²) in [6.45, 7) is 8.21. The summed E-state index contributed by atoms with van der Waals surface area (Å²) in [4.78, 5) is 12.9. The van der Waals surface area contributed by atoms with Gasteiger partial charge in [0.25, 0.3) is 0 Å². The Morgan fingerprint density at radius 2 is 2.36 bits per heavy atom. The molecule has 1 aliphatic heterocycles. The molecule has 25 heavy (non-hydrogen) atoms. The van der Waals surface area contributed by atoms with Crippen molar-refractivity contribution in [3.05, 3.63) is 39.5 Å². The van der Waals surface area contributed by atoms with Gasteiger partial charge in [-0.05, 0) is 47.3 Å². The molecule has 0 saturated carbocycles. The average molecular weight is 424 g/mol. The van der Waals surface area contributed by atoms with Gasteiger partial charge in [-0.2, -0.15) is 0 Å². The first kappa shape index (κ1) is 18.5. The fourth-order valence-corrected chi connectivity index (χ4v) is 4.75. The molecule has 3 rings (SSSR count). The lowest BCUT2D eigenvalue weighted by Gasteiger charge is -2.39. The molecule has 5 nitrogen and oxygen atoms in total. The van der Waals surface area contributed by atoms with Gasteiger partial charge in [0.15, 0.2) is 5.96 Å². The van der Waals surface area contributed by atoms with Gasteiger partial charge >= 0.3 is 0 Å². The lowest BCUT2D eigenvalue weighted by atomic mass is 9.93. The molecule has 3 heterocycles. The predicted molar refractivity (Wildman–Crippen MR) is 108 cm³/mol. The van der Waals surface area contributed by atoms with Crippen LogP contribution in [0.25, 0.3) is 0 Å². The van der Waals surface area contributed by atoms with Gasteiger partial charge in [-0.1, -0.05) is 6.92 Å². The number of guanidine groups is 1. The van der Waals surface area contributed by atoms with E-state index in [1.807, 2.05) is 12.5 Å². The van der Waals surface area contributed by atoms with Gasteiger partial charge in [0.05, 0.1) is 16.2 Å². The highest BCUT2D eigenvalue weighted by molar-refractivity contribution is 9.11. The maximum Gasteiger partial charge on any atom is 0.193 e. The molecule has 1 aliphatic rings. The lowest BCUT2D eigenvalue weighted by Crippen LogP contribution is -2.49. The number of aromatic nitrogens is 2. The van der Waals surface area contributed by atoms with Crippen molar-refractivity contribution in [2.24, 2.45) is 10.9 Å². The van der Waals surface area contributed by atoms with Crippen molar-refractivity contribution in [1.29, 1.82) is 0 Å². The Hall–Kier alpha value is -1.34. The van der Waals surface area contributed by atoms with Gasteiger partial charge in [0.2, 0.25) is 0 Å². The van der Waals surface area contributed by atoms with Crippen molar-refractivity contribution in [2.75, 3.05) is 26.2 Å². The second-order valence-corrected chi connectivity index (χ2v) is 9.03. The minimum atomic E-state index is 0.452. The van der Waals surface area contributed by atoms with Crippen molar-refractivity contribution in [1.82, 2.24) is 19.8 Å². The molecule has 2 aromatic rings. The zero-order chi connectivity index (χ0) is 17.6. The van der Waals surface area contributed by atoms with Crippen LogP contribution in [-0.2, 0) is 6.42 Å². The average Bonchev–Trinajstić information content (AvgIpc) is 3.26. The van der Waals surface area contributed by atoms with Crippen molar-refractivity contribution >= 4 is 33.2 Å². The summed E-state index contributed by atoms with van der Waals surface area (Å²) in [7, 11) is 0. The summed E-state index contributed by atoms with van der Waals surface area (Å²) in [5.74, 6) is 1.69. The normalized spacial score (nSPS) is 21.6. The van der Waals surface area contributed by atoms with Crippen LogP contribution in [0.2, 0.25) is 0 Å². The quantitative estimate of drug-likeness (QED) is 0.587. The third-order valence-corrected chi connectivity index (χ3v) is 6.39. The molecule has 0 aromatic carbocycles. The first-order valence-electron chi connectivity index (χ1n) is 8.92. The van der Waals surface area contributed by atoms with Crippen molar-refractivity contribution < 1.29 is 0 Å². The molecule has 2 atom stereocenters. The number of nitrogens with zero attached hydrogens (tertiary/aromatic N) is 4. The molecule has 1 fully saturated rings. The summed E-state index contributed by atoms with van der Waals surface area (Å²) in [6.07, 6.45) is 8.03. The molecule has 0 aliphatic carbocycles. The van der Waals surface area contributed by atoms with Gasteiger partial charge in [0, 0.05) is 49.9 Å². The zero-order valence-electron chi connectivity index (χ0n) is 14.9. The maximum atomic E-state index is 4.88. The van der Waals surface area contributed by atoms with E-state index in [4.69, 9.17) is 4.99 Å². The molecule has 0 bridgehead atoms. The second-order valence-electron chi connectivity index (χ2n) is 6.48. The van der Waals surface area contributed by atoms with Crippen LogP contribution in [0.3, 0.4) is 0 Å². The number of thiophene rings is 1. The molecule has 0 radical (unpaired) electrons. The number of imidazole rings is 1. The van der Waals surface area contributed by atoms with Crippen LogP contribution in [0.4, 0.5) is 0 Å². The van der Waals surface area contributed by atoms with E-state index in [-0.39, 0.29) is 0 Å². The summed E-state index contributed by atoms with van der Waals surface area (Å²) < 4.78 is 3.43. The maximum absolute atomic E-state index is 4.88. The Morgan fingerprint density at radius 1 is 1.48 bits per heavy atom. The summed E-state index contributed by atoms with van der Waals surface area (Å²) in [5, 5.41) is 3.47. The molecule has 0 spiro atoms. The molecule has 136 valence electrons. The van der Waals surface area contributed by atoms with E-state index >= 15 is 0 Å². The van der Waals surface area contributed by atoms with Crippen LogP contribution in [-0.4, -0.2) is 46.6 Å². The minimum Gasteiger partial charge on any atom is -0.357 e. The fourth-order valence-electron chi connectivity index (χ4n) is 3.28. The topological polar surface area (TPSA) is 45.5 Å². The summed E-state index contributed by atoms with van der Waals surface area (Å²) in [5.41, 5.74) is 0. The van der Waals surface area contributed by atoms with E-state index < -0.39 is 0 Å². The van der Waals surface area contributed by atoms with Crippen molar-refractivity contribution in [3.63, 3.8) is 0 Å². The number of hydrogen-bond acceptors (Lipinski definition) is 3. The van der Waals surface area contributed by atoms with Crippen molar-refractivity contribution in [2.45, 2.75) is 32.7 Å². The Kier molecular flexibility index (Phi) is 6.53. The van der Waals surface area contributed by atoms with Gasteiger partial charge < -0.3 is 14.8 Å². The highest BCUT2D eigenvalue weighted by Gasteiger charge is 2.28. The van der Waals surface area contributed by atoms with Crippen LogP contribution in [0.1, 0.15) is 31.2 Å². The van der Waals surface area contributed by atoms with Gasteiger partial charge in [-0.15, -0.1) is 11.3 Å². The van der Waals surface area contributed by atoms with Gasteiger partial charge in [0.1, 0.15) is 0 Å². The Morgan fingerprint density at radius 3 is 3.04 bits per heavy atom. The predicted octanol–water partition coefficient (Wildman–Crippen LogP) is 3.80. The van der Waals surface area contributed by atoms with E-state index in [0.29, 0.717) is 12.0 Å². The van der Waals surface area contributed by atoms with Crippen LogP contribution in [0.15, 0.2) is 39.6 Å². The monoisotopic (exact) mass is 423 g/mol. The first-order valence-corrected chi connectivity index (χ1v) is 10.5. The smallest absolute Gasteiger partial charge is 0.193 e. The minimum absolute atomic E-state index is 0.452. The summed E-state index contributed by atoms with van der Waals surface area (Å²) >= 11 is 5.32. The van der Waals surface area contributed by atoms with Crippen LogP contribution in [0.5, 0.6) is 0 Å². The highest BCUT2D eigenvalue weighted by atomic mass is 79.9. The second kappa shape index (κ2) is 8.85. The van der Waals surface area contributed by atoms with E-state index in [2.05, 4.69) is 67.9 Å². The number of aliphatic imine (C=N–C) groups is 1.